The van der Waals surface area contributed by atoms with Crippen molar-refractivity contribution in [2.24, 2.45) is 0 Å². The highest BCUT2D eigenvalue weighted by molar-refractivity contribution is 9.10. The lowest BCUT2D eigenvalue weighted by atomic mass is 10.2. The lowest BCUT2D eigenvalue weighted by Crippen LogP contribution is -2.12. The summed E-state index contributed by atoms with van der Waals surface area (Å²) in [4.78, 5) is 16.6. The first-order chi connectivity index (χ1) is 10.5. The quantitative estimate of drug-likeness (QED) is 0.689. The number of amides is 1. The third kappa shape index (κ3) is 3.06. The first-order valence-corrected chi connectivity index (χ1v) is 8.24. The molecule has 0 aliphatic heterocycles. The zero-order valence-electron chi connectivity index (χ0n) is 11.3. The first-order valence-electron chi connectivity index (χ1n) is 6.19. The van der Waals surface area contributed by atoms with Gasteiger partial charge in [-0.3, -0.25) is 4.79 Å². The molecule has 0 saturated carbocycles. The van der Waals surface area contributed by atoms with E-state index in [-0.39, 0.29) is 5.91 Å². The van der Waals surface area contributed by atoms with Gasteiger partial charge in [0, 0.05) is 4.47 Å². The predicted octanol–water partition coefficient (Wildman–Crippen LogP) is 4.77. The Morgan fingerprint density at radius 3 is 2.95 bits per heavy atom. The smallest absolute Gasteiger partial charge is 0.260 e. The molecule has 2 heterocycles. The van der Waals surface area contributed by atoms with Crippen LogP contribution in [0.25, 0.3) is 11.5 Å². The molecule has 2 aromatic heterocycles. The Labute approximate surface area is 143 Å². The van der Waals surface area contributed by atoms with E-state index >= 15 is 0 Å². The molecule has 0 bridgehead atoms. The van der Waals surface area contributed by atoms with E-state index in [1.54, 1.807) is 25.1 Å². The van der Waals surface area contributed by atoms with Gasteiger partial charge in [0.15, 0.2) is 5.82 Å². The molecule has 0 spiro atoms. The van der Waals surface area contributed by atoms with Crippen LogP contribution in [0, 0.1) is 6.92 Å². The van der Waals surface area contributed by atoms with Crippen LogP contribution in [0.2, 0.25) is 5.02 Å². The van der Waals surface area contributed by atoms with Crippen molar-refractivity contribution in [2.75, 3.05) is 5.32 Å². The van der Waals surface area contributed by atoms with Gasteiger partial charge in [-0.2, -0.15) is 4.98 Å². The number of carbonyl (C=O) groups is 1. The average molecular weight is 399 g/mol. The number of hydrogen-bond donors (Lipinski definition) is 1. The number of rotatable bonds is 3. The third-order valence-corrected chi connectivity index (χ3v) is 4.48. The number of aryl methyl sites for hydroxylation is 1. The fraction of sp³-hybridized carbons (Fsp3) is 0.0714. The Balaban J connectivity index is 1.89. The second kappa shape index (κ2) is 6.20. The largest absolute Gasteiger partial charge is 0.334 e. The van der Waals surface area contributed by atoms with Gasteiger partial charge in [-0.05, 0) is 36.6 Å². The molecule has 112 valence electrons. The van der Waals surface area contributed by atoms with Gasteiger partial charge in [-0.1, -0.05) is 32.7 Å². The number of nitrogens with one attached hydrogen (secondary N) is 1. The molecule has 3 rings (SSSR count). The van der Waals surface area contributed by atoms with Gasteiger partial charge in [-0.25, -0.2) is 0 Å². The second-order valence-corrected chi connectivity index (χ2v) is 6.63. The topological polar surface area (TPSA) is 68.0 Å². The summed E-state index contributed by atoms with van der Waals surface area (Å²) in [7, 11) is 0. The summed E-state index contributed by atoms with van der Waals surface area (Å²) in [5.74, 6) is 0.606. The van der Waals surface area contributed by atoms with Crippen LogP contribution in [0.15, 0.2) is 38.6 Å². The Hall–Kier alpha value is -1.70. The van der Waals surface area contributed by atoms with Gasteiger partial charge in [0.05, 0.1) is 16.1 Å². The number of thiophene rings is 1. The SMILES string of the molecule is Cc1noc(-c2ccsc2NC(=O)c2cc(Br)ccc2Cl)n1. The minimum Gasteiger partial charge on any atom is -0.334 e. The predicted molar refractivity (Wildman–Crippen MR) is 89.5 cm³/mol. The van der Waals surface area contributed by atoms with E-state index < -0.39 is 0 Å². The molecule has 0 radical (unpaired) electrons. The van der Waals surface area contributed by atoms with Crippen molar-refractivity contribution in [3.8, 4) is 11.5 Å². The number of anilines is 1. The second-order valence-electron chi connectivity index (χ2n) is 4.39. The van der Waals surface area contributed by atoms with Gasteiger partial charge in [0.2, 0.25) is 0 Å². The monoisotopic (exact) mass is 397 g/mol. The average Bonchev–Trinajstić information content (AvgIpc) is 3.10. The van der Waals surface area contributed by atoms with Crippen molar-refractivity contribution < 1.29 is 9.32 Å². The molecular formula is C14H9BrClN3O2S. The highest BCUT2D eigenvalue weighted by atomic mass is 79.9. The Morgan fingerprint density at radius 2 is 2.23 bits per heavy atom. The van der Waals surface area contributed by atoms with Crippen molar-refractivity contribution in [1.82, 2.24) is 10.1 Å². The molecule has 1 amide bonds. The summed E-state index contributed by atoms with van der Waals surface area (Å²) < 4.78 is 5.92. The standard InChI is InChI=1S/C14H9BrClN3O2S/c1-7-17-13(21-19-7)9-4-5-22-14(9)18-12(20)10-6-8(15)2-3-11(10)16/h2-6H,1H3,(H,18,20). The van der Waals surface area contributed by atoms with Gasteiger partial charge in [-0.15, -0.1) is 11.3 Å². The summed E-state index contributed by atoms with van der Waals surface area (Å²) in [5, 5.41) is 9.44. The molecule has 0 fully saturated rings. The molecule has 0 atom stereocenters. The Kier molecular flexibility index (Phi) is 4.28. The van der Waals surface area contributed by atoms with Crippen LogP contribution in [-0.4, -0.2) is 16.0 Å². The molecule has 22 heavy (non-hydrogen) atoms. The van der Waals surface area contributed by atoms with Crippen molar-refractivity contribution >= 4 is 49.8 Å². The van der Waals surface area contributed by atoms with Crippen molar-refractivity contribution in [3.05, 3.63) is 50.5 Å². The lowest BCUT2D eigenvalue weighted by molar-refractivity contribution is 0.102. The van der Waals surface area contributed by atoms with Crippen molar-refractivity contribution in [3.63, 3.8) is 0 Å². The Morgan fingerprint density at radius 1 is 1.41 bits per heavy atom. The molecule has 0 saturated heterocycles. The summed E-state index contributed by atoms with van der Waals surface area (Å²) in [6.07, 6.45) is 0. The summed E-state index contributed by atoms with van der Waals surface area (Å²) in [6.45, 7) is 1.74. The first kappa shape index (κ1) is 15.2. The molecule has 0 unspecified atom stereocenters. The lowest BCUT2D eigenvalue weighted by Gasteiger charge is -2.06. The normalized spacial score (nSPS) is 10.7. The maximum Gasteiger partial charge on any atom is 0.260 e. The molecular weight excluding hydrogens is 390 g/mol. The molecule has 1 N–H and O–H groups in total. The molecule has 8 heteroatoms. The fourth-order valence-electron chi connectivity index (χ4n) is 1.82. The van der Waals surface area contributed by atoms with E-state index in [2.05, 4.69) is 31.4 Å². The van der Waals surface area contributed by atoms with Crippen LogP contribution in [0.5, 0.6) is 0 Å². The van der Waals surface area contributed by atoms with E-state index in [4.69, 9.17) is 16.1 Å². The van der Waals surface area contributed by atoms with Crippen LogP contribution in [-0.2, 0) is 0 Å². The molecule has 0 aliphatic rings. The van der Waals surface area contributed by atoms with Crippen LogP contribution in [0.4, 0.5) is 5.00 Å². The van der Waals surface area contributed by atoms with Crippen LogP contribution < -0.4 is 5.32 Å². The van der Waals surface area contributed by atoms with Crippen LogP contribution >= 0.6 is 38.9 Å². The third-order valence-electron chi connectivity index (χ3n) is 2.82. The zero-order valence-corrected chi connectivity index (χ0v) is 14.4. The summed E-state index contributed by atoms with van der Waals surface area (Å²) >= 11 is 10.8. The van der Waals surface area contributed by atoms with Gasteiger partial charge in [0.25, 0.3) is 11.8 Å². The minimum atomic E-state index is -0.300. The minimum absolute atomic E-state index is 0.300. The number of hydrogen-bond acceptors (Lipinski definition) is 5. The maximum atomic E-state index is 12.4. The zero-order chi connectivity index (χ0) is 15.7. The molecule has 3 aromatic rings. The molecule has 5 nitrogen and oxygen atoms in total. The van der Waals surface area contributed by atoms with Crippen LogP contribution in [0.3, 0.4) is 0 Å². The van der Waals surface area contributed by atoms with E-state index in [1.807, 2.05) is 11.4 Å². The van der Waals surface area contributed by atoms with E-state index in [0.29, 0.717) is 32.9 Å². The summed E-state index contributed by atoms with van der Waals surface area (Å²) in [5.41, 5.74) is 1.07. The molecule has 1 aromatic carbocycles. The van der Waals surface area contributed by atoms with Crippen LogP contribution in [0.1, 0.15) is 16.2 Å². The highest BCUT2D eigenvalue weighted by Crippen LogP contribution is 2.33. The molecule has 0 aliphatic carbocycles. The van der Waals surface area contributed by atoms with E-state index in [9.17, 15) is 4.79 Å². The number of aromatic nitrogens is 2. The summed E-state index contributed by atoms with van der Waals surface area (Å²) in [6, 6.07) is 6.92. The number of nitrogens with zero attached hydrogens (tertiary/aromatic N) is 2. The van der Waals surface area contributed by atoms with Gasteiger partial charge >= 0.3 is 0 Å². The Bertz CT molecular complexity index is 846. The van der Waals surface area contributed by atoms with Gasteiger partial charge in [0.1, 0.15) is 5.00 Å². The van der Waals surface area contributed by atoms with E-state index in [1.165, 1.54) is 11.3 Å². The number of carbonyl (C=O) groups excluding carboxylic acids is 1. The van der Waals surface area contributed by atoms with Crippen molar-refractivity contribution in [1.29, 1.82) is 0 Å². The highest BCUT2D eigenvalue weighted by Gasteiger charge is 2.17. The number of benzene rings is 1. The van der Waals surface area contributed by atoms with Gasteiger partial charge < -0.3 is 9.84 Å². The van der Waals surface area contributed by atoms with Crippen molar-refractivity contribution in [2.45, 2.75) is 6.92 Å². The fourth-order valence-corrected chi connectivity index (χ4v) is 3.16. The maximum absolute atomic E-state index is 12.4. The number of halogens is 2. The van der Waals surface area contributed by atoms with E-state index in [0.717, 1.165) is 4.47 Å².